The highest BCUT2D eigenvalue weighted by Crippen LogP contribution is 2.40. The van der Waals surface area contributed by atoms with Crippen molar-refractivity contribution in [3.05, 3.63) is 65.6 Å². The van der Waals surface area contributed by atoms with E-state index in [2.05, 4.69) is 26.0 Å². The van der Waals surface area contributed by atoms with Gasteiger partial charge in [-0.05, 0) is 55.2 Å². The fourth-order valence-corrected chi connectivity index (χ4v) is 4.54. The van der Waals surface area contributed by atoms with Crippen LogP contribution in [-0.2, 0) is 17.8 Å². The average molecular weight is 460 g/mol. The molecule has 1 amide bonds. The minimum Gasteiger partial charge on any atom is -0.455 e. The van der Waals surface area contributed by atoms with E-state index in [-0.39, 0.29) is 5.91 Å². The third-order valence-electron chi connectivity index (χ3n) is 6.29. The first kappa shape index (κ1) is 20.1. The maximum absolute atomic E-state index is 12.1. The van der Waals surface area contributed by atoms with Crippen molar-refractivity contribution >= 4 is 45.7 Å². The van der Waals surface area contributed by atoms with E-state index in [1.165, 1.54) is 12.8 Å². The van der Waals surface area contributed by atoms with Crippen molar-refractivity contribution in [3.8, 4) is 11.5 Å². The van der Waals surface area contributed by atoms with Crippen LogP contribution in [0, 0.1) is 5.92 Å². The topological polar surface area (TPSA) is 72.3 Å². The summed E-state index contributed by atoms with van der Waals surface area (Å²) >= 11 is 6.58. The van der Waals surface area contributed by atoms with Gasteiger partial charge in [0.2, 0.25) is 5.91 Å². The maximum Gasteiger partial charge on any atom is 0.231 e. The molecule has 0 radical (unpaired) electrons. The fourth-order valence-electron chi connectivity index (χ4n) is 4.32. The number of likely N-dealkylation sites (N-methyl/N-ethyl adjacent to an activating group) is 1. The summed E-state index contributed by atoms with van der Waals surface area (Å²) in [6.45, 7) is 0.984. The van der Waals surface area contributed by atoms with Crippen LogP contribution in [0.15, 0.2) is 55.0 Å². The Kier molecular flexibility index (Phi) is 4.73. The number of fused-ring (bicyclic) bond motifs is 2. The van der Waals surface area contributed by atoms with E-state index < -0.39 is 0 Å². The molecule has 1 fully saturated rings. The first-order valence-corrected chi connectivity index (χ1v) is 11.4. The second-order valence-electron chi connectivity index (χ2n) is 8.62. The monoisotopic (exact) mass is 459 g/mol. The highest BCUT2D eigenvalue weighted by Gasteiger charge is 2.27. The molecule has 7 nitrogen and oxygen atoms in total. The van der Waals surface area contributed by atoms with Crippen molar-refractivity contribution in [2.45, 2.75) is 25.8 Å². The van der Waals surface area contributed by atoms with Gasteiger partial charge in [0.1, 0.15) is 23.3 Å². The molecule has 1 N–H and O–H groups in total. The molecule has 1 aliphatic carbocycles. The van der Waals surface area contributed by atoms with Crippen molar-refractivity contribution < 1.29 is 9.53 Å². The summed E-state index contributed by atoms with van der Waals surface area (Å²) < 4.78 is 8.34. The van der Waals surface area contributed by atoms with E-state index in [4.69, 9.17) is 16.3 Å². The zero-order valence-electron chi connectivity index (χ0n) is 18.1. The molecule has 0 saturated heterocycles. The molecule has 166 valence electrons. The first-order valence-electron chi connectivity index (χ1n) is 11.0. The second-order valence-corrected chi connectivity index (χ2v) is 9.03. The number of nitrogens with one attached hydrogen (secondary N) is 1. The second kappa shape index (κ2) is 7.78. The molecule has 0 spiro atoms. The Labute approximate surface area is 196 Å². The highest BCUT2D eigenvalue weighted by molar-refractivity contribution is 6.32. The lowest BCUT2D eigenvalue weighted by Gasteiger charge is -2.14. The number of rotatable bonds is 6. The molecule has 0 unspecified atom stereocenters. The third kappa shape index (κ3) is 3.68. The minimum absolute atomic E-state index is 0.0503. The summed E-state index contributed by atoms with van der Waals surface area (Å²) in [4.78, 5) is 22.6. The lowest BCUT2D eigenvalue weighted by Crippen LogP contribution is -2.20. The van der Waals surface area contributed by atoms with Gasteiger partial charge in [-0.25, -0.2) is 9.97 Å². The van der Waals surface area contributed by atoms with Crippen LogP contribution < -0.4 is 15.0 Å². The van der Waals surface area contributed by atoms with E-state index in [0.29, 0.717) is 22.9 Å². The molecule has 6 rings (SSSR count). The zero-order valence-corrected chi connectivity index (χ0v) is 18.8. The number of carbonyl (C=O) groups is 1. The predicted octanol–water partition coefficient (Wildman–Crippen LogP) is 5.55. The minimum atomic E-state index is 0.0503. The Bertz CT molecular complexity index is 1400. The van der Waals surface area contributed by atoms with Gasteiger partial charge in [0.05, 0.1) is 22.6 Å². The van der Waals surface area contributed by atoms with Gasteiger partial charge in [0.15, 0.2) is 5.82 Å². The molecule has 1 aliphatic heterocycles. The Balaban J connectivity index is 1.27. The van der Waals surface area contributed by atoms with Gasteiger partial charge in [0, 0.05) is 31.0 Å². The largest absolute Gasteiger partial charge is 0.455 e. The van der Waals surface area contributed by atoms with Gasteiger partial charge in [0.25, 0.3) is 0 Å². The number of carbonyl (C=O) groups excluding carboxylic acids is 1. The number of amides is 1. The summed E-state index contributed by atoms with van der Waals surface area (Å²) in [5.41, 5.74) is 4.46. The van der Waals surface area contributed by atoms with Crippen LogP contribution in [0.5, 0.6) is 11.5 Å². The van der Waals surface area contributed by atoms with Crippen molar-refractivity contribution in [2.75, 3.05) is 17.3 Å². The molecule has 2 aliphatic rings. The number of nitrogens with zero attached hydrogens (tertiary/aromatic N) is 4. The number of ether oxygens (including phenoxy) is 1. The number of halogens is 1. The Morgan fingerprint density at radius 3 is 2.85 bits per heavy atom. The quantitative estimate of drug-likeness (QED) is 0.409. The standard InChI is InChI=1S/C25H22ClN5O2/c1-30-20-3-2-4-21(17(20)12-23(30)32)33-22-8-7-16(11-18(22)26)29-25-24-19(27-14-28-25)9-10-31(24)13-15-5-6-15/h2-4,7-11,14-15H,5-6,12-13H2,1H3,(H,27,28,29). The first-order chi connectivity index (χ1) is 16.1. The van der Waals surface area contributed by atoms with E-state index in [0.717, 1.165) is 46.3 Å². The smallest absolute Gasteiger partial charge is 0.231 e. The van der Waals surface area contributed by atoms with Crippen LogP contribution in [0.2, 0.25) is 5.02 Å². The van der Waals surface area contributed by atoms with Gasteiger partial charge in [-0.15, -0.1) is 0 Å². The molecule has 0 bridgehead atoms. The molecule has 0 atom stereocenters. The predicted molar refractivity (Wildman–Crippen MR) is 129 cm³/mol. The van der Waals surface area contributed by atoms with Gasteiger partial charge < -0.3 is 19.5 Å². The van der Waals surface area contributed by atoms with Crippen molar-refractivity contribution in [1.82, 2.24) is 14.5 Å². The number of anilines is 3. The molecule has 4 aromatic rings. The van der Waals surface area contributed by atoms with Crippen LogP contribution in [0.1, 0.15) is 18.4 Å². The molecule has 8 heteroatoms. The maximum atomic E-state index is 12.1. The van der Waals surface area contributed by atoms with Crippen LogP contribution >= 0.6 is 11.6 Å². The summed E-state index contributed by atoms with van der Waals surface area (Å²) in [7, 11) is 1.77. The molecular weight excluding hydrogens is 438 g/mol. The van der Waals surface area contributed by atoms with E-state index in [1.54, 1.807) is 18.3 Å². The van der Waals surface area contributed by atoms with Crippen LogP contribution in [0.4, 0.5) is 17.2 Å². The molecular formula is C25H22ClN5O2. The zero-order chi connectivity index (χ0) is 22.5. The van der Waals surface area contributed by atoms with Gasteiger partial charge >= 0.3 is 0 Å². The SMILES string of the molecule is CN1C(=O)Cc2c(Oc3ccc(Nc4ncnc5ccn(CC6CC6)c45)cc3Cl)cccc21. The molecule has 1 saturated carbocycles. The van der Waals surface area contributed by atoms with Gasteiger partial charge in [-0.2, -0.15) is 0 Å². The number of hydrogen-bond acceptors (Lipinski definition) is 5. The van der Waals surface area contributed by atoms with Crippen LogP contribution in [-0.4, -0.2) is 27.5 Å². The van der Waals surface area contributed by atoms with E-state index in [1.807, 2.05) is 42.5 Å². The molecule has 33 heavy (non-hydrogen) atoms. The van der Waals surface area contributed by atoms with E-state index in [9.17, 15) is 4.79 Å². The Morgan fingerprint density at radius 1 is 1.15 bits per heavy atom. The lowest BCUT2D eigenvalue weighted by atomic mass is 10.1. The molecule has 2 aromatic heterocycles. The number of benzene rings is 2. The average Bonchev–Trinajstić information content (AvgIpc) is 3.46. The third-order valence-corrected chi connectivity index (χ3v) is 6.58. The Morgan fingerprint density at radius 2 is 2.03 bits per heavy atom. The summed E-state index contributed by atoms with van der Waals surface area (Å²) in [5.74, 6) is 2.71. The van der Waals surface area contributed by atoms with Crippen molar-refractivity contribution in [3.63, 3.8) is 0 Å². The molecule has 3 heterocycles. The summed E-state index contributed by atoms with van der Waals surface area (Å²) in [5, 5.41) is 3.86. The fraction of sp³-hybridized carbons (Fsp3) is 0.240. The normalized spacial score (nSPS) is 15.2. The molecule has 2 aromatic carbocycles. The highest BCUT2D eigenvalue weighted by atomic mass is 35.5. The van der Waals surface area contributed by atoms with Gasteiger partial charge in [-0.1, -0.05) is 17.7 Å². The number of hydrogen-bond donors (Lipinski definition) is 1. The van der Waals surface area contributed by atoms with Crippen molar-refractivity contribution in [1.29, 1.82) is 0 Å². The van der Waals surface area contributed by atoms with Crippen molar-refractivity contribution in [2.24, 2.45) is 5.92 Å². The summed E-state index contributed by atoms with van der Waals surface area (Å²) in [6, 6.07) is 13.2. The van der Waals surface area contributed by atoms with Gasteiger partial charge in [-0.3, -0.25) is 4.79 Å². The van der Waals surface area contributed by atoms with Crippen LogP contribution in [0.3, 0.4) is 0 Å². The van der Waals surface area contributed by atoms with E-state index >= 15 is 0 Å². The summed E-state index contributed by atoms with van der Waals surface area (Å²) in [6.07, 6.45) is 6.53. The Hall–Kier alpha value is -3.58. The lowest BCUT2D eigenvalue weighted by molar-refractivity contribution is -0.117. The number of aromatic nitrogens is 3. The van der Waals surface area contributed by atoms with Crippen LogP contribution in [0.25, 0.3) is 11.0 Å².